The predicted molar refractivity (Wildman–Crippen MR) is 110 cm³/mol. The number of anilines is 1. The summed E-state index contributed by atoms with van der Waals surface area (Å²) in [6, 6.07) is 2.48. The van der Waals surface area contributed by atoms with Crippen LogP contribution in [-0.4, -0.2) is 32.6 Å². The molecule has 1 aliphatic rings. The molecular weight excluding hydrogens is 396 g/mol. The maximum atomic E-state index is 12.3. The van der Waals surface area contributed by atoms with Crippen LogP contribution in [0.15, 0.2) is 41.4 Å². The van der Waals surface area contributed by atoms with Gasteiger partial charge < -0.3 is 19.5 Å². The van der Waals surface area contributed by atoms with Crippen LogP contribution in [-0.2, 0) is 14.8 Å². The predicted octanol–water partition coefficient (Wildman–Crippen LogP) is 3.59. The molecule has 0 radical (unpaired) electrons. The van der Waals surface area contributed by atoms with E-state index in [0.29, 0.717) is 31.0 Å². The van der Waals surface area contributed by atoms with E-state index in [2.05, 4.69) is 13.8 Å². The molecule has 1 heterocycles. The summed E-state index contributed by atoms with van der Waals surface area (Å²) >= 11 is 0. The van der Waals surface area contributed by atoms with Gasteiger partial charge in [0.05, 0.1) is 17.5 Å². The first-order valence-corrected chi connectivity index (χ1v) is 11.2. The zero-order valence-corrected chi connectivity index (χ0v) is 17.6. The summed E-state index contributed by atoms with van der Waals surface area (Å²) in [5.41, 5.74) is 0.231. The molecule has 29 heavy (non-hydrogen) atoms. The minimum atomic E-state index is -4.24. The number of carboxylic acids is 1. The molecule has 0 aliphatic carbocycles. The summed E-state index contributed by atoms with van der Waals surface area (Å²) in [5, 5.41) is 14.9. The second-order valence-corrected chi connectivity index (χ2v) is 8.30. The average Bonchev–Trinajstić information content (AvgIpc) is 2.68. The molecule has 0 aromatic heterocycles. The maximum Gasteiger partial charge on any atom is 0.335 e. The lowest BCUT2D eigenvalue weighted by molar-refractivity contribution is 0.0696. The van der Waals surface area contributed by atoms with Crippen LogP contribution < -0.4 is 14.8 Å². The lowest BCUT2D eigenvalue weighted by Crippen LogP contribution is -2.27. The van der Waals surface area contributed by atoms with Gasteiger partial charge in [-0.3, -0.25) is 0 Å². The fraction of sp³-hybridized carbons (Fsp3) is 0.450. The molecule has 1 aromatic rings. The van der Waals surface area contributed by atoms with E-state index >= 15 is 0 Å². The van der Waals surface area contributed by atoms with E-state index in [1.807, 2.05) is 4.90 Å². The van der Waals surface area contributed by atoms with E-state index in [9.17, 15) is 18.3 Å². The second-order valence-electron chi connectivity index (χ2n) is 6.77. The summed E-state index contributed by atoms with van der Waals surface area (Å²) in [6.07, 6.45) is 8.60. The number of sulfonamides is 1. The summed E-state index contributed by atoms with van der Waals surface area (Å²) in [4.78, 5) is 13.3. The van der Waals surface area contributed by atoms with Gasteiger partial charge in [0.15, 0.2) is 5.75 Å². The molecule has 2 rings (SSSR count). The Kier molecular flexibility index (Phi) is 8.10. The Morgan fingerprint density at radius 2 is 1.90 bits per heavy atom. The highest BCUT2D eigenvalue weighted by Crippen LogP contribution is 2.38. The molecule has 1 aliphatic heterocycles. The first-order valence-electron chi connectivity index (χ1n) is 9.64. The molecule has 0 saturated heterocycles. The highest BCUT2D eigenvalue weighted by Gasteiger charge is 2.26. The monoisotopic (exact) mass is 424 g/mol. The quantitative estimate of drug-likeness (QED) is 0.557. The van der Waals surface area contributed by atoms with Crippen LogP contribution in [0.4, 0.5) is 5.69 Å². The highest BCUT2D eigenvalue weighted by atomic mass is 32.2. The minimum absolute atomic E-state index is 0.0230. The molecule has 3 N–H and O–H groups in total. The van der Waals surface area contributed by atoms with Gasteiger partial charge in [0.2, 0.25) is 10.0 Å². The number of nitrogens with zero attached hydrogens (tertiary/aromatic N) is 1. The van der Waals surface area contributed by atoms with E-state index in [4.69, 9.17) is 14.6 Å². The molecule has 160 valence electrons. The van der Waals surface area contributed by atoms with Crippen molar-refractivity contribution in [1.82, 2.24) is 0 Å². The number of allylic oxidation sites excluding steroid dienone is 1. The molecule has 8 nitrogen and oxygen atoms in total. The Bertz CT molecular complexity index is 884. The molecule has 1 aromatic carbocycles. The van der Waals surface area contributed by atoms with Crippen LogP contribution in [0.25, 0.3) is 0 Å². The summed E-state index contributed by atoms with van der Waals surface area (Å²) in [7, 11) is -4.24. The lowest BCUT2D eigenvalue weighted by atomic mass is 10.1. The van der Waals surface area contributed by atoms with Gasteiger partial charge >= 0.3 is 5.97 Å². The van der Waals surface area contributed by atoms with Crippen molar-refractivity contribution in [2.24, 2.45) is 5.14 Å². The first kappa shape index (κ1) is 22.8. The van der Waals surface area contributed by atoms with E-state index < -0.39 is 16.0 Å². The van der Waals surface area contributed by atoms with Crippen LogP contribution in [0, 0.1) is 0 Å². The molecule has 0 amide bonds. The Balaban J connectivity index is 2.66. The van der Waals surface area contributed by atoms with Crippen LogP contribution in [0.2, 0.25) is 0 Å². The third-order valence-corrected chi connectivity index (χ3v) is 5.34. The van der Waals surface area contributed by atoms with Crippen LogP contribution in [0.3, 0.4) is 0 Å². The number of rotatable bonds is 11. The minimum Gasteiger partial charge on any atom is -0.478 e. The standard InChI is InChI=1S/C20H28N2O6S/c1-3-5-9-22(10-6-4-2)17-12-15(20(23)24)13-18(29(21,25)26)19(17)28-16-8-7-11-27-14-16/h7,11-14H,3-6,8-10H2,1-2H3,(H,23,24)(H2,21,25,26). The fourth-order valence-corrected chi connectivity index (χ4v) is 3.59. The third-order valence-electron chi connectivity index (χ3n) is 4.42. The molecule has 0 bridgehead atoms. The number of ether oxygens (including phenoxy) is 2. The van der Waals surface area contributed by atoms with Crippen LogP contribution in [0.5, 0.6) is 5.75 Å². The molecule has 0 saturated carbocycles. The van der Waals surface area contributed by atoms with Gasteiger partial charge in [0, 0.05) is 19.5 Å². The molecule has 0 fully saturated rings. The topological polar surface area (TPSA) is 119 Å². The van der Waals surface area contributed by atoms with Crippen molar-refractivity contribution in [2.45, 2.75) is 50.8 Å². The third kappa shape index (κ3) is 6.23. The van der Waals surface area contributed by atoms with E-state index in [0.717, 1.165) is 31.7 Å². The number of carboxylic acid groups (broad SMARTS) is 1. The lowest BCUT2D eigenvalue weighted by Gasteiger charge is -2.28. The molecule has 0 spiro atoms. The SMILES string of the molecule is CCCCN(CCCC)c1cc(C(=O)O)cc(S(N)(=O)=O)c1OC1=COC=CC1. The first-order chi connectivity index (χ1) is 13.8. The molecule has 9 heteroatoms. The van der Waals surface area contributed by atoms with Gasteiger partial charge in [0.25, 0.3) is 0 Å². The van der Waals surface area contributed by atoms with Gasteiger partial charge in [-0.25, -0.2) is 18.4 Å². The number of nitrogens with two attached hydrogens (primary N) is 1. The van der Waals surface area contributed by atoms with Gasteiger partial charge in [-0.1, -0.05) is 26.7 Å². The van der Waals surface area contributed by atoms with Gasteiger partial charge in [-0.2, -0.15) is 0 Å². The average molecular weight is 425 g/mol. The number of aromatic carboxylic acids is 1. The summed E-state index contributed by atoms with van der Waals surface area (Å²) in [6.45, 7) is 5.37. The number of benzene rings is 1. The van der Waals surface area contributed by atoms with Crippen molar-refractivity contribution < 1.29 is 27.8 Å². The number of carbonyl (C=O) groups is 1. The fourth-order valence-electron chi connectivity index (χ4n) is 2.89. The van der Waals surface area contributed by atoms with Crippen LogP contribution >= 0.6 is 0 Å². The number of unbranched alkanes of at least 4 members (excludes halogenated alkanes) is 2. The Hall–Kier alpha value is -2.52. The Morgan fingerprint density at radius 1 is 1.24 bits per heavy atom. The maximum absolute atomic E-state index is 12.3. The molecular formula is C20H28N2O6S. The zero-order chi connectivity index (χ0) is 21.4. The van der Waals surface area contributed by atoms with E-state index in [-0.39, 0.29) is 16.2 Å². The van der Waals surface area contributed by atoms with E-state index in [1.165, 1.54) is 18.6 Å². The van der Waals surface area contributed by atoms with Gasteiger partial charge in [-0.05, 0) is 31.1 Å². The van der Waals surface area contributed by atoms with Crippen molar-refractivity contribution in [3.05, 3.63) is 42.1 Å². The van der Waals surface area contributed by atoms with Crippen LogP contribution in [0.1, 0.15) is 56.3 Å². The molecule has 0 atom stereocenters. The van der Waals surface area contributed by atoms with Gasteiger partial charge in [-0.15, -0.1) is 0 Å². The van der Waals surface area contributed by atoms with Crippen molar-refractivity contribution in [3.63, 3.8) is 0 Å². The summed E-state index contributed by atoms with van der Waals surface area (Å²) in [5.74, 6) is -0.820. The normalized spacial score (nSPS) is 13.6. The second kappa shape index (κ2) is 10.3. The smallest absolute Gasteiger partial charge is 0.335 e. The van der Waals surface area contributed by atoms with Gasteiger partial charge in [0.1, 0.15) is 16.9 Å². The highest BCUT2D eigenvalue weighted by molar-refractivity contribution is 7.89. The summed E-state index contributed by atoms with van der Waals surface area (Å²) < 4.78 is 35.6. The van der Waals surface area contributed by atoms with Crippen molar-refractivity contribution in [2.75, 3.05) is 18.0 Å². The Morgan fingerprint density at radius 3 is 2.38 bits per heavy atom. The van der Waals surface area contributed by atoms with Crippen molar-refractivity contribution >= 4 is 21.7 Å². The number of primary sulfonamides is 1. The number of hydrogen-bond donors (Lipinski definition) is 2. The number of hydrogen-bond acceptors (Lipinski definition) is 6. The van der Waals surface area contributed by atoms with E-state index in [1.54, 1.807) is 6.08 Å². The van der Waals surface area contributed by atoms with Crippen molar-refractivity contribution in [1.29, 1.82) is 0 Å². The largest absolute Gasteiger partial charge is 0.478 e. The van der Waals surface area contributed by atoms with Crippen molar-refractivity contribution in [3.8, 4) is 5.75 Å². The Labute approximate surface area is 171 Å². The molecule has 0 unspecified atom stereocenters. The zero-order valence-electron chi connectivity index (χ0n) is 16.8.